The summed E-state index contributed by atoms with van der Waals surface area (Å²) in [6, 6.07) is 5.64. The lowest BCUT2D eigenvalue weighted by molar-refractivity contribution is 0.112. The van der Waals surface area contributed by atoms with Crippen molar-refractivity contribution in [3.05, 3.63) is 28.4 Å². The van der Waals surface area contributed by atoms with E-state index in [9.17, 15) is 4.79 Å². The molecule has 0 atom stereocenters. The summed E-state index contributed by atoms with van der Waals surface area (Å²) >= 11 is 3.35. The number of carbonyl (C=O) groups is 1. The maximum absolute atomic E-state index is 10.5. The third kappa shape index (κ3) is 0.956. The number of H-pyrrole nitrogens is 1. The molecule has 1 aromatic carbocycles. The predicted molar refractivity (Wildman–Crippen MR) is 49.2 cm³/mol. The first-order valence-electron chi connectivity index (χ1n) is 3.40. The number of benzene rings is 1. The number of nitrogens with one attached hydrogen (secondary N) is 1. The van der Waals surface area contributed by atoms with Gasteiger partial charge in [-0.3, -0.25) is 9.89 Å². The van der Waals surface area contributed by atoms with Crippen molar-refractivity contribution in [1.29, 1.82) is 0 Å². The smallest absolute Gasteiger partial charge is 0.170 e. The highest BCUT2D eigenvalue weighted by molar-refractivity contribution is 9.10. The molecule has 4 heteroatoms. The molecule has 0 fully saturated rings. The van der Waals surface area contributed by atoms with Crippen molar-refractivity contribution in [3.63, 3.8) is 0 Å². The van der Waals surface area contributed by atoms with E-state index in [-0.39, 0.29) is 0 Å². The number of carbonyl (C=O) groups excluding carboxylic acids is 1. The Hall–Kier alpha value is -1.16. The Morgan fingerprint density at radius 3 is 3.08 bits per heavy atom. The first kappa shape index (κ1) is 7.49. The standard InChI is InChI=1S/C8H5BrN2O/c9-5-2-1-3-6-8(5)7(4-12)11-10-6/h1-4H,(H,10,11). The molecule has 0 saturated carbocycles. The van der Waals surface area contributed by atoms with Crippen LogP contribution >= 0.6 is 15.9 Å². The fraction of sp³-hybridized carbons (Fsp3) is 0. The zero-order chi connectivity index (χ0) is 8.55. The van der Waals surface area contributed by atoms with Crippen LogP contribution in [0.15, 0.2) is 22.7 Å². The van der Waals surface area contributed by atoms with Crippen LogP contribution in [0.5, 0.6) is 0 Å². The second-order valence-corrected chi connectivity index (χ2v) is 3.24. The third-order valence-corrected chi connectivity index (χ3v) is 2.34. The van der Waals surface area contributed by atoms with E-state index in [0.29, 0.717) is 5.69 Å². The average Bonchev–Trinajstić information content (AvgIpc) is 2.49. The molecule has 0 radical (unpaired) electrons. The van der Waals surface area contributed by atoms with Gasteiger partial charge in [-0.05, 0) is 12.1 Å². The largest absolute Gasteiger partial charge is 0.296 e. The Bertz CT molecular complexity index is 436. The Labute approximate surface area is 76.9 Å². The summed E-state index contributed by atoms with van der Waals surface area (Å²) in [4.78, 5) is 10.5. The van der Waals surface area contributed by atoms with Gasteiger partial charge in [0.15, 0.2) is 6.29 Å². The van der Waals surface area contributed by atoms with Gasteiger partial charge in [0.25, 0.3) is 0 Å². The normalized spacial score (nSPS) is 10.4. The lowest BCUT2D eigenvalue weighted by Crippen LogP contribution is -1.79. The van der Waals surface area contributed by atoms with Crippen molar-refractivity contribution in [2.24, 2.45) is 0 Å². The zero-order valence-corrected chi connectivity index (χ0v) is 7.63. The van der Waals surface area contributed by atoms with Gasteiger partial charge in [0, 0.05) is 9.86 Å². The van der Waals surface area contributed by atoms with Crippen LogP contribution in [0.4, 0.5) is 0 Å². The van der Waals surface area contributed by atoms with E-state index < -0.39 is 0 Å². The summed E-state index contributed by atoms with van der Waals surface area (Å²) in [6.07, 6.45) is 0.740. The van der Waals surface area contributed by atoms with Crippen molar-refractivity contribution in [2.45, 2.75) is 0 Å². The second-order valence-electron chi connectivity index (χ2n) is 2.39. The Balaban J connectivity index is 2.91. The van der Waals surface area contributed by atoms with E-state index in [1.54, 1.807) is 0 Å². The molecule has 0 amide bonds. The summed E-state index contributed by atoms with van der Waals surface area (Å²) in [5.74, 6) is 0. The van der Waals surface area contributed by atoms with E-state index in [1.807, 2.05) is 18.2 Å². The van der Waals surface area contributed by atoms with Crippen LogP contribution in [0.1, 0.15) is 10.5 Å². The van der Waals surface area contributed by atoms with E-state index in [1.165, 1.54) is 0 Å². The average molecular weight is 225 g/mol. The molecule has 0 bridgehead atoms. The number of aldehydes is 1. The highest BCUT2D eigenvalue weighted by Crippen LogP contribution is 2.23. The summed E-state index contributed by atoms with van der Waals surface area (Å²) < 4.78 is 0.885. The van der Waals surface area contributed by atoms with Gasteiger partial charge < -0.3 is 0 Å². The minimum absolute atomic E-state index is 0.442. The Kier molecular flexibility index (Phi) is 1.69. The maximum atomic E-state index is 10.5. The molecule has 0 unspecified atom stereocenters. The lowest BCUT2D eigenvalue weighted by Gasteiger charge is -1.91. The van der Waals surface area contributed by atoms with E-state index in [2.05, 4.69) is 26.1 Å². The van der Waals surface area contributed by atoms with Gasteiger partial charge in [-0.15, -0.1) is 0 Å². The Morgan fingerprint density at radius 2 is 2.33 bits per heavy atom. The third-order valence-electron chi connectivity index (χ3n) is 1.68. The molecule has 2 aromatic rings. The lowest BCUT2D eigenvalue weighted by atomic mass is 10.2. The van der Waals surface area contributed by atoms with Crippen molar-refractivity contribution >= 4 is 33.1 Å². The molecule has 0 saturated heterocycles. The van der Waals surface area contributed by atoms with Gasteiger partial charge in [-0.1, -0.05) is 22.0 Å². The minimum atomic E-state index is 0.442. The van der Waals surface area contributed by atoms with Crippen LogP contribution in [0.2, 0.25) is 0 Å². The summed E-state index contributed by atoms with van der Waals surface area (Å²) in [5.41, 5.74) is 1.31. The van der Waals surface area contributed by atoms with E-state index in [4.69, 9.17) is 0 Å². The number of hydrogen-bond donors (Lipinski definition) is 1. The minimum Gasteiger partial charge on any atom is -0.296 e. The van der Waals surface area contributed by atoms with Gasteiger partial charge in [0.1, 0.15) is 5.69 Å². The van der Waals surface area contributed by atoms with Crippen molar-refractivity contribution in [3.8, 4) is 0 Å². The predicted octanol–water partition coefficient (Wildman–Crippen LogP) is 2.14. The monoisotopic (exact) mass is 224 g/mol. The van der Waals surface area contributed by atoms with Crippen LogP contribution < -0.4 is 0 Å². The second kappa shape index (κ2) is 2.71. The number of aromatic amines is 1. The number of fused-ring (bicyclic) bond motifs is 1. The number of hydrogen-bond acceptors (Lipinski definition) is 2. The van der Waals surface area contributed by atoms with E-state index in [0.717, 1.165) is 21.7 Å². The fourth-order valence-corrected chi connectivity index (χ4v) is 1.71. The first-order valence-corrected chi connectivity index (χ1v) is 4.20. The topological polar surface area (TPSA) is 45.8 Å². The van der Waals surface area contributed by atoms with Gasteiger partial charge in [-0.25, -0.2) is 0 Å². The van der Waals surface area contributed by atoms with Gasteiger partial charge in [0.05, 0.1) is 5.52 Å². The summed E-state index contributed by atoms with van der Waals surface area (Å²) in [6.45, 7) is 0. The molecule has 3 nitrogen and oxygen atoms in total. The molecule has 1 heterocycles. The van der Waals surface area contributed by atoms with Crippen LogP contribution in [-0.4, -0.2) is 16.5 Å². The van der Waals surface area contributed by atoms with Crippen LogP contribution in [-0.2, 0) is 0 Å². The highest BCUT2D eigenvalue weighted by atomic mass is 79.9. The van der Waals surface area contributed by atoms with Crippen LogP contribution in [0.25, 0.3) is 10.9 Å². The van der Waals surface area contributed by atoms with Crippen molar-refractivity contribution in [1.82, 2.24) is 10.2 Å². The molecule has 1 aromatic heterocycles. The SMILES string of the molecule is O=Cc1n[nH]c2cccc(Br)c12. The number of rotatable bonds is 1. The van der Waals surface area contributed by atoms with Gasteiger partial charge in [-0.2, -0.15) is 5.10 Å². The fourth-order valence-electron chi connectivity index (χ4n) is 1.14. The molecule has 60 valence electrons. The van der Waals surface area contributed by atoms with Crippen molar-refractivity contribution in [2.75, 3.05) is 0 Å². The molecular weight excluding hydrogens is 220 g/mol. The number of nitrogens with zero attached hydrogens (tertiary/aromatic N) is 1. The van der Waals surface area contributed by atoms with Crippen molar-refractivity contribution < 1.29 is 4.79 Å². The first-order chi connectivity index (χ1) is 5.83. The molecular formula is C8H5BrN2O. The van der Waals surface area contributed by atoms with Crippen LogP contribution in [0, 0.1) is 0 Å². The molecule has 0 aliphatic heterocycles. The summed E-state index contributed by atoms with van der Waals surface area (Å²) in [7, 11) is 0. The molecule has 12 heavy (non-hydrogen) atoms. The zero-order valence-electron chi connectivity index (χ0n) is 6.04. The van der Waals surface area contributed by atoms with Gasteiger partial charge >= 0.3 is 0 Å². The maximum Gasteiger partial charge on any atom is 0.170 e. The molecule has 2 rings (SSSR count). The quantitative estimate of drug-likeness (QED) is 0.755. The number of aromatic nitrogens is 2. The van der Waals surface area contributed by atoms with Gasteiger partial charge in [0.2, 0.25) is 0 Å². The number of halogens is 1. The Morgan fingerprint density at radius 1 is 1.50 bits per heavy atom. The molecule has 1 N–H and O–H groups in total. The highest BCUT2D eigenvalue weighted by Gasteiger charge is 2.06. The molecule has 0 aliphatic rings. The molecule has 0 spiro atoms. The van der Waals surface area contributed by atoms with Crippen LogP contribution in [0.3, 0.4) is 0 Å². The molecule has 0 aliphatic carbocycles. The van der Waals surface area contributed by atoms with E-state index >= 15 is 0 Å². The summed E-state index contributed by atoms with van der Waals surface area (Å²) in [5, 5.41) is 7.46.